The number of anilines is 3. The molecule has 158 valence electrons. The lowest BCUT2D eigenvalue weighted by molar-refractivity contribution is 0.102. The van der Waals surface area contributed by atoms with E-state index in [9.17, 15) is 9.90 Å². The molecule has 1 amide bonds. The fourth-order valence-electron chi connectivity index (χ4n) is 3.37. The molecule has 0 aromatic carbocycles. The predicted octanol–water partition coefficient (Wildman–Crippen LogP) is 1.54. The third-order valence-electron chi connectivity index (χ3n) is 4.89. The average Bonchev–Trinajstić information content (AvgIpc) is 3.13. The molecule has 30 heavy (non-hydrogen) atoms. The monoisotopic (exact) mass is 412 g/mol. The van der Waals surface area contributed by atoms with E-state index >= 15 is 0 Å². The number of rotatable bonds is 6. The van der Waals surface area contributed by atoms with Crippen LogP contribution in [0.5, 0.6) is 0 Å². The number of aryl methyl sites for hydroxylation is 1. The molecule has 1 fully saturated rings. The molecule has 3 aromatic heterocycles. The van der Waals surface area contributed by atoms with Crippen molar-refractivity contribution in [1.82, 2.24) is 15.0 Å². The largest absolute Gasteiger partial charge is 0.422 e. The van der Waals surface area contributed by atoms with Gasteiger partial charge in [0.25, 0.3) is 11.9 Å². The Morgan fingerprint density at radius 1 is 1.27 bits per heavy atom. The Morgan fingerprint density at radius 2 is 2.07 bits per heavy atom. The molecule has 0 aliphatic carbocycles. The number of hydrogen-bond acceptors (Lipinski definition) is 9. The van der Waals surface area contributed by atoms with E-state index in [1.165, 1.54) is 0 Å². The highest BCUT2D eigenvalue weighted by molar-refractivity contribution is 6.08. The van der Waals surface area contributed by atoms with Gasteiger partial charge >= 0.3 is 0 Å². The molecule has 0 spiro atoms. The van der Waals surface area contributed by atoms with Gasteiger partial charge in [-0.25, -0.2) is 9.97 Å². The Kier molecular flexibility index (Phi) is 5.77. The van der Waals surface area contributed by atoms with Gasteiger partial charge in [0, 0.05) is 31.4 Å². The minimum absolute atomic E-state index is 0.0648. The molecule has 0 saturated carbocycles. The standard InChI is InChI=1S/C20H24N6O4/c1-12-3-2-4-16(22-12)23-19(29)14-11-15-17(25-20(30-15)21-7-10-27)24-18(14)26-8-5-13(28)6-9-26/h2-4,11,13,27-28H,5-10H2,1H3,(H,21,24,25)(H,22,23,29). The van der Waals surface area contributed by atoms with E-state index in [0.29, 0.717) is 54.4 Å². The van der Waals surface area contributed by atoms with Crippen LogP contribution >= 0.6 is 0 Å². The molecule has 4 N–H and O–H groups in total. The van der Waals surface area contributed by atoms with Gasteiger partial charge in [-0.2, -0.15) is 4.98 Å². The first-order chi connectivity index (χ1) is 14.5. The van der Waals surface area contributed by atoms with Gasteiger partial charge < -0.3 is 30.2 Å². The predicted molar refractivity (Wildman–Crippen MR) is 112 cm³/mol. The topological polar surface area (TPSA) is 137 Å². The lowest BCUT2D eigenvalue weighted by Gasteiger charge is -2.31. The summed E-state index contributed by atoms with van der Waals surface area (Å²) < 4.78 is 5.64. The molecule has 10 heteroatoms. The highest BCUT2D eigenvalue weighted by Crippen LogP contribution is 2.28. The van der Waals surface area contributed by atoms with E-state index in [4.69, 9.17) is 9.52 Å². The number of piperidine rings is 1. The van der Waals surface area contributed by atoms with Crippen LogP contribution in [0.1, 0.15) is 28.9 Å². The number of nitrogens with one attached hydrogen (secondary N) is 2. The SMILES string of the molecule is Cc1cccc(NC(=O)c2cc3oc(NCCO)nc3nc2N2CCC(O)CC2)n1. The molecular formula is C20H24N6O4. The van der Waals surface area contributed by atoms with Gasteiger partial charge in [0.05, 0.1) is 18.3 Å². The van der Waals surface area contributed by atoms with Gasteiger partial charge in [-0.1, -0.05) is 6.07 Å². The smallest absolute Gasteiger partial charge is 0.297 e. The van der Waals surface area contributed by atoms with Gasteiger partial charge in [0.1, 0.15) is 11.6 Å². The zero-order valence-electron chi connectivity index (χ0n) is 16.6. The highest BCUT2D eigenvalue weighted by Gasteiger charge is 2.25. The Balaban J connectivity index is 1.70. The molecule has 4 rings (SSSR count). The third kappa shape index (κ3) is 4.34. The molecule has 1 aliphatic rings. The second-order valence-electron chi connectivity index (χ2n) is 7.19. The average molecular weight is 412 g/mol. The molecule has 1 saturated heterocycles. The molecular weight excluding hydrogens is 388 g/mol. The minimum Gasteiger partial charge on any atom is -0.422 e. The lowest BCUT2D eigenvalue weighted by Crippen LogP contribution is -2.37. The van der Waals surface area contributed by atoms with Crippen molar-refractivity contribution in [2.24, 2.45) is 0 Å². The number of carbonyl (C=O) groups excluding carboxylic acids is 1. The van der Waals surface area contributed by atoms with Crippen LogP contribution in [0, 0.1) is 6.92 Å². The minimum atomic E-state index is -0.357. The third-order valence-corrected chi connectivity index (χ3v) is 4.89. The molecule has 0 atom stereocenters. The van der Waals surface area contributed by atoms with Crippen molar-refractivity contribution in [2.45, 2.75) is 25.9 Å². The van der Waals surface area contributed by atoms with E-state index in [-0.39, 0.29) is 31.2 Å². The zero-order chi connectivity index (χ0) is 21.1. The van der Waals surface area contributed by atoms with Crippen molar-refractivity contribution in [2.75, 3.05) is 41.8 Å². The summed E-state index contributed by atoms with van der Waals surface area (Å²) in [6.07, 6.45) is 0.852. The summed E-state index contributed by atoms with van der Waals surface area (Å²) in [6, 6.07) is 7.24. The van der Waals surface area contributed by atoms with Crippen LogP contribution in [-0.4, -0.2) is 63.4 Å². The number of fused-ring (bicyclic) bond motifs is 1. The first kappa shape index (κ1) is 20.0. The first-order valence-electron chi connectivity index (χ1n) is 9.88. The number of aromatic nitrogens is 3. The number of aliphatic hydroxyl groups is 2. The number of carbonyl (C=O) groups is 1. The van der Waals surface area contributed by atoms with Gasteiger partial charge in [-0.15, -0.1) is 0 Å². The Morgan fingerprint density at radius 3 is 2.80 bits per heavy atom. The van der Waals surface area contributed by atoms with Crippen LogP contribution in [0.2, 0.25) is 0 Å². The quantitative estimate of drug-likeness (QED) is 0.475. The van der Waals surface area contributed by atoms with Crippen LogP contribution in [-0.2, 0) is 0 Å². The van der Waals surface area contributed by atoms with E-state index < -0.39 is 0 Å². The second kappa shape index (κ2) is 8.64. The van der Waals surface area contributed by atoms with Crippen molar-refractivity contribution in [3.63, 3.8) is 0 Å². The summed E-state index contributed by atoms with van der Waals surface area (Å²) in [6.45, 7) is 3.23. The number of pyridine rings is 2. The first-order valence-corrected chi connectivity index (χ1v) is 9.88. The molecule has 1 aliphatic heterocycles. The van der Waals surface area contributed by atoms with Crippen molar-refractivity contribution in [3.05, 3.63) is 35.5 Å². The Labute approximate surface area is 173 Å². The maximum atomic E-state index is 13.1. The van der Waals surface area contributed by atoms with Crippen LogP contribution < -0.4 is 15.5 Å². The summed E-state index contributed by atoms with van der Waals surface area (Å²) in [4.78, 5) is 28.3. The fourth-order valence-corrected chi connectivity index (χ4v) is 3.37. The summed E-state index contributed by atoms with van der Waals surface area (Å²) in [5, 5.41) is 24.5. The molecule has 0 radical (unpaired) electrons. The van der Waals surface area contributed by atoms with E-state index in [2.05, 4.69) is 25.6 Å². The number of amides is 1. The van der Waals surface area contributed by atoms with Crippen molar-refractivity contribution >= 4 is 34.8 Å². The van der Waals surface area contributed by atoms with Crippen LogP contribution in [0.25, 0.3) is 11.2 Å². The van der Waals surface area contributed by atoms with E-state index in [1.807, 2.05) is 24.0 Å². The molecule has 10 nitrogen and oxygen atoms in total. The van der Waals surface area contributed by atoms with Crippen LogP contribution in [0.3, 0.4) is 0 Å². The second-order valence-corrected chi connectivity index (χ2v) is 7.19. The highest BCUT2D eigenvalue weighted by atomic mass is 16.4. The van der Waals surface area contributed by atoms with E-state index in [0.717, 1.165) is 5.69 Å². The van der Waals surface area contributed by atoms with Gasteiger partial charge in [0.15, 0.2) is 5.58 Å². The lowest BCUT2D eigenvalue weighted by atomic mass is 10.1. The Bertz CT molecular complexity index is 1040. The van der Waals surface area contributed by atoms with Crippen LogP contribution in [0.4, 0.5) is 17.7 Å². The van der Waals surface area contributed by atoms with Gasteiger partial charge in [0.2, 0.25) is 5.65 Å². The van der Waals surface area contributed by atoms with E-state index in [1.54, 1.807) is 12.1 Å². The summed E-state index contributed by atoms with van der Waals surface area (Å²) in [5.74, 6) is 0.578. The maximum Gasteiger partial charge on any atom is 0.297 e. The molecule has 0 unspecified atom stereocenters. The summed E-state index contributed by atoms with van der Waals surface area (Å²) in [7, 11) is 0. The number of aliphatic hydroxyl groups excluding tert-OH is 2. The zero-order valence-corrected chi connectivity index (χ0v) is 16.6. The molecule has 4 heterocycles. The molecule has 3 aromatic rings. The van der Waals surface area contributed by atoms with Gasteiger partial charge in [-0.3, -0.25) is 4.79 Å². The fraction of sp³-hybridized carbons (Fsp3) is 0.400. The number of hydrogen-bond donors (Lipinski definition) is 4. The number of oxazole rings is 1. The summed E-state index contributed by atoms with van der Waals surface area (Å²) in [5.41, 5.74) is 1.86. The molecule has 0 bridgehead atoms. The van der Waals surface area contributed by atoms with Crippen LogP contribution in [0.15, 0.2) is 28.7 Å². The van der Waals surface area contributed by atoms with Crippen molar-refractivity contribution in [1.29, 1.82) is 0 Å². The normalized spacial score (nSPS) is 14.8. The van der Waals surface area contributed by atoms with Crippen molar-refractivity contribution < 1.29 is 19.4 Å². The summed E-state index contributed by atoms with van der Waals surface area (Å²) >= 11 is 0. The van der Waals surface area contributed by atoms with Crippen molar-refractivity contribution in [3.8, 4) is 0 Å². The van der Waals surface area contributed by atoms with Gasteiger partial charge in [-0.05, 0) is 31.9 Å². The maximum absolute atomic E-state index is 13.1. The Hall–Kier alpha value is -3.24. The number of nitrogens with zero attached hydrogens (tertiary/aromatic N) is 4.